The van der Waals surface area contributed by atoms with E-state index in [4.69, 9.17) is 4.74 Å². The van der Waals surface area contributed by atoms with E-state index in [2.05, 4.69) is 0 Å². The second-order valence-electron chi connectivity index (χ2n) is 8.20. The largest absolute Gasteiger partial charge is 0.490 e. The van der Waals surface area contributed by atoms with Crippen molar-refractivity contribution in [2.24, 2.45) is 0 Å². The fraction of sp³-hybridized carbons (Fsp3) is 0.269. The van der Waals surface area contributed by atoms with Crippen LogP contribution in [0.25, 0.3) is 0 Å². The van der Waals surface area contributed by atoms with Crippen LogP contribution in [0.4, 0.5) is 5.69 Å². The molecule has 1 amide bonds. The molecular formula is C26H28N2O4S. The Morgan fingerprint density at radius 3 is 2.52 bits per heavy atom. The molecule has 0 bridgehead atoms. The second-order valence-corrected chi connectivity index (χ2v) is 10.1. The summed E-state index contributed by atoms with van der Waals surface area (Å²) in [6, 6.07) is 22.4. The van der Waals surface area contributed by atoms with Gasteiger partial charge in [-0.15, -0.1) is 0 Å². The minimum absolute atomic E-state index is 0.206. The first-order chi connectivity index (χ1) is 15.9. The number of para-hydroxylation sites is 2. The molecule has 0 atom stereocenters. The van der Waals surface area contributed by atoms with Gasteiger partial charge in [0, 0.05) is 6.54 Å². The molecule has 33 heavy (non-hydrogen) atoms. The van der Waals surface area contributed by atoms with Crippen molar-refractivity contribution in [2.45, 2.75) is 25.2 Å². The maximum Gasteiger partial charge on any atom is 0.243 e. The second kappa shape index (κ2) is 9.77. The molecule has 0 N–H and O–H groups in total. The molecule has 6 nitrogen and oxygen atoms in total. The summed E-state index contributed by atoms with van der Waals surface area (Å²) in [6.45, 7) is 4.36. The molecule has 0 saturated heterocycles. The van der Waals surface area contributed by atoms with E-state index in [1.165, 1.54) is 4.31 Å². The summed E-state index contributed by atoms with van der Waals surface area (Å²) in [6.07, 6.45) is 0.512. The van der Waals surface area contributed by atoms with Crippen molar-refractivity contribution in [3.63, 3.8) is 0 Å². The lowest BCUT2D eigenvalue weighted by atomic mass is 10.1. The number of nitrogens with zero attached hydrogens (tertiary/aromatic N) is 2. The Balaban J connectivity index is 1.64. The highest BCUT2D eigenvalue weighted by molar-refractivity contribution is 7.89. The van der Waals surface area contributed by atoms with Crippen molar-refractivity contribution in [1.29, 1.82) is 0 Å². The minimum Gasteiger partial charge on any atom is -0.490 e. The SMILES string of the molecule is Cc1ccc(C)c(S(=O)(=O)N(CCc2ccccc2)CC(=O)N2CCOc3ccccc32)c1. The molecule has 0 aromatic heterocycles. The van der Waals surface area contributed by atoms with Crippen molar-refractivity contribution in [3.8, 4) is 5.75 Å². The Hall–Kier alpha value is -3.16. The maximum absolute atomic E-state index is 13.7. The lowest BCUT2D eigenvalue weighted by Crippen LogP contribution is -2.46. The molecule has 3 aromatic rings. The quantitative estimate of drug-likeness (QED) is 0.531. The van der Waals surface area contributed by atoms with Crippen LogP contribution in [0.1, 0.15) is 16.7 Å². The van der Waals surface area contributed by atoms with Crippen molar-refractivity contribution >= 4 is 21.6 Å². The van der Waals surface area contributed by atoms with Gasteiger partial charge in [0.2, 0.25) is 15.9 Å². The number of hydrogen-bond acceptors (Lipinski definition) is 4. The van der Waals surface area contributed by atoms with E-state index in [-0.39, 0.29) is 23.9 Å². The topological polar surface area (TPSA) is 66.9 Å². The fourth-order valence-electron chi connectivity index (χ4n) is 3.97. The number of rotatable bonds is 7. The summed E-state index contributed by atoms with van der Waals surface area (Å²) in [5.74, 6) is 0.359. The van der Waals surface area contributed by atoms with E-state index in [1.54, 1.807) is 24.0 Å². The lowest BCUT2D eigenvalue weighted by molar-refractivity contribution is -0.119. The average Bonchev–Trinajstić information content (AvgIpc) is 2.83. The number of hydrogen-bond donors (Lipinski definition) is 0. The molecule has 4 rings (SSSR count). The van der Waals surface area contributed by atoms with Crippen LogP contribution in [-0.4, -0.2) is 44.9 Å². The summed E-state index contributed by atoms with van der Waals surface area (Å²) in [4.78, 5) is 15.2. The smallest absolute Gasteiger partial charge is 0.243 e. The zero-order valence-corrected chi connectivity index (χ0v) is 19.7. The number of aryl methyl sites for hydroxylation is 2. The van der Waals surface area contributed by atoms with E-state index in [0.717, 1.165) is 11.1 Å². The number of ether oxygens (including phenoxy) is 1. The number of sulfonamides is 1. The van der Waals surface area contributed by atoms with Crippen LogP contribution in [0.15, 0.2) is 77.7 Å². The molecule has 172 valence electrons. The highest BCUT2D eigenvalue weighted by atomic mass is 32.2. The van der Waals surface area contributed by atoms with Gasteiger partial charge >= 0.3 is 0 Å². The van der Waals surface area contributed by atoms with Gasteiger partial charge in [0.1, 0.15) is 12.4 Å². The van der Waals surface area contributed by atoms with Gasteiger partial charge in [0.15, 0.2) is 0 Å². The first-order valence-corrected chi connectivity index (χ1v) is 12.4. The van der Waals surface area contributed by atoms with Crippen molar-refractivity contribution < 1.29 is 17.9 Å². The fourth-order valence-corrected chi connectivity index (χ4v) is 5.67. The van der Waals surface area contributed by atoms with Crippen LogP contribution < -0.4 is 9.64 Å². The van der Waals surface area contributed by atoms with E-state index >= 15 is 0 Å². The van der Waals surface area contributed by atoms with Crippen molar-refractivity contribution in [2.75, 3.05) is 31.1 Å². The predicted molar refractivity (Wildman–Crippen MR) is 129 cm³/mol. The van der Waals surface area contributed by atoms with E-state index in [0.29, 0.717) is 36.6 Å². The maximum atomic E-state index is 13.7. The third-order valence-electron chi connectivity index (χ3n) is 5.80. The molecule has 0 spiro atoms. The average molecular weight is 465 g/mol. The first-order valence-electron chi connectivity index (χ1n) is 11.0. The van der Waals surface area contributed by atoms with Crippen LogP contribution in [0.5, 0.6) is 5.75 Å². The van der Waals surface area contributed by atoms with Gasteiger partial charge in [-0.05, 0) is 55.2 Å². The Bertz CT molecular complexity index is 1240. The van der Waals surface area contributed by atoms with E-state index < -0.39 is 10.0 Å². The lowest BCUT2D eigenvalue weighted by Gasteiger charge is -2.31. The number of benzene rings is 3. The van der Waals surface area contributed by atoms with Gasteiger partial charge in [0.05, 0.1) is 23.7 Å². The molecule has 0 unspecified atom stereocenters. The molecule has 0 fully saturated rings. The van der Waals surface area contributed by atoms with E-state index in [9.17, 15) is 13.2 Å². The zero-order valence-electron chi connectivity index (χ0n) is 18.9. The van der Waals surface area contributed by atoms with Crippen LogP contribution >= 0.6 is 0 Å². The van der Waals surface area contributed by atoms with Crippen LogP contribution in [0.3, 0.4) is 0 Å². The molecule has 1 aliphatic heterocycles. The Kier molecular flexibility index (Phi) is 6.81. The highest BCUT2D eigenvalue weighted by Crippen LogP contribution is 2.31. The van der Waals surface area contributed by atoms with Gasteiger partial charge < -0.3 is 9.64 Å². The van der Waals surface area contributed by atoms with Gasteiger partial charge in [0.25, 0.3) is 0 Å². The van der Waals surface area contributed by atoms with E-state index in [1.807, 2.05) is 67.6 Å². The standard InChI is InChI=1S/C26H28N2O4S/c1-20-12-13-21(2)25(18-20)33(30,31)27(15-14-22-8-4-3-5-9-22)19-26(29)28-16-17-32-24-11-7-6-10-23(24)28/h3-13,18H,14-17,19H2,1-2H3. The summed E-state index contributed by atoms with van der Waals surface area (Å²) in [5, 5.41) is 0. The molecule has 1 aliphatic rings. The highest BCUT2D eigenvalue weighted by Gasteiger charge is 2.31. The Morgan fingerprint density at radius 2 is 1.73 bits per heavy atom. The molecule has 3 aromatic carbocycles. The predicted octanol–water partition coefficient (Wildman–Crippen LogP) is 3.96. The molecule has 0 saturated carbocycles. The minimum atomic E-state index is -3.88. The third kappa shape index (κ3) is 5.10. The molecule has 0 radical (unpaired) electrons. The summed E-state index contributed by atoms with van der Waals surface area (Å²) in [5.41, 5.74) is 3.20. The third-order valence-corrected chi connectivity index (χ3v) is 7.78. The van der Waals surface area contributed by atoms with Gasteiger partial charge in [-0.3, -0.25) is 4.79 Å². The monoisotopic (exact) mass is 464 g/mol. The Labute approximate surface area is 195 Å². The first kappa shape index (κ1) is 23.0. The van der Waals surface area contributed by atoms with Gasteiger partial charge in [-0.1, -0.05) is 54.6 Å². The molecule has 1 heterocycles. The number of carbonyl (C=O) groups excluding carboxylic acids is 1. The summed E-state index contributed by atoms with van der Waals surface area (Å²) < 4.78 is 34.4. The zero-order chi connectivity index (χ0) is 23.4. The number of anilines is 1. The van der Waals surface area contributed by atoms with Crippen LogP contribution in [-0.2, 0) is 21.2 Å². The van der Waals surface area contributed by atoms with Gasteiger partial charge in [-0.2, -0.15) is 4.31 Å². The number of fused-ring (bicyclic) bond motifs is 1. The molecule has 0 aliphatic carbocycles. The summed E-state index contributed by atoms with van der Waals surface area (Å²) >= 11 is 0. The Morgan fingerprint density at radius 1 is 1.00 bits per heavy atom. The summed E-state index contributed by atoms with van der Waals surface area (Å²) in [7, 11) is -3.88. The number of carbonyl (C=O) groups is 1. The molecular weight excluding hydrogens is 436 g/mol. The normalized spacial score (nSPS) is 13.5. The van der Waals surface area contributed by atoms with Crippen LogP contribution in [0.2, 0.25) is 0 Å². The van der Waals surface area contributed by atoms with Crippen molar-refractivity contribution in [3.05, 3.63) is 89.5 Å². The van der Waals surface area contributed by atoms with Crippen molar-refractivity contribution in [1.82, 2.24) is 4.31 Å². The molecule has 7 heteroatoms. The van der Waals surface area contributed by atoms with Gasteiger partial charge in [-0.25, -0.2) is 8.42 Å². The van der Waals surface area contributed by atoms with Crippen LogP contribution in [0, 0.1) is 13.8 Å². The number of amides is 1.